The average molecular weight is 300 g/mol. The number of nitrogens with two attached hydrogens (primary N) is 1. The molecule has 1 atom stereocenters. The molecule has 0 radical (unpaired) electrons. The molecule has 1 aliphatic heterocycles. The van der Waals surface area contributed by atoms with Gasteiger partial charge in [0.2, 0.25) is 5.91 Å². The van der Waals surface area contributed by atoms with E-state index in [0.29, 0.717) is 19.8 Å². The third-order valence-corrected chi connectivity index (χ3v) is 3.60. The lowest BCUT2D eigenvalue weighted by atomic mass is 10.2. The number of rotatable bonds is 2. The Morgan fingerprint density at radius 1 is 1.65 bits per heavy atom. The lowest BCUT2D eigenvalue weighted by Gasteiger charge is -2.34. The van der Waals surface area contributed by atoms with Crippen molar-refractivity contribution in [1.82, 2.24) is 4.98 Å². The SMILES string of the molecule is Cc1nc(N2CCOCC2C(N)=O)ccc1Br. The summed E-state index contributed by atoms with van der Waals surface area (Å²) in [5.74, 6) is 0.380. The molecule has 0 bridgehead atoms. The maximum absolute atomic E-state index is 11.4. The molecule has 5 nitrogen and oxygen atoms in total. The predicted molar refractivity (Wildman–Crippen MR) is 67.8 cm³/mol. The maximum atomic E-state index is 11.4. The van der Waals surface area contributed by atoms with E-state index < -0.39 is 6.04 Å². The van der Waals surface area contributed by atoms with Crippen LogP contribution in [0.3, 0.4) is 0 Å². The normalized spacial score (nSPS) is 20.4. The highest BCUT2D eigenvalue weighted by molar-refractivity contribution is 9.10. The fourth-order valence-electron chi connectivity index (χ4n) is 1.80. The van der Waals surface area contributed by atoms with E-state index in [9.17, 15) is 4.79 Å². The van der Waals surface area contributed by atoms with Crippen LogP contribution in [0.25, 0.3) is 0 Å². The molecule has 17 heavy (non-hydrogen) atoms. The average Bonchev–Trinajstić information content (AvgIpc) is 2.32. The van der Waals surface area contributed by atoms with Gasteiger partial charge < -0.3 is 15.4 Å². The summed E-state index contributed by atoms with van der Waals surface area (Å²) in [6.45, 7) is 3.45. The number of nitrogens with zero attached hydrogens (tertiary/aromatic N) is 2. The fourth-order valence-corrected chi connectivity index (χ4v) is 2.03. The second kappa shape index (κ2) is 5.01. The molecule has 1 saturated heterocycles. The van der Waals surface area contributed by atoms with Gasteiger partial charge in [-0.15, -0.1) is 0 Å². The van der Waals surface area contributed by atoms with Gasteiger partial charge in [-0.25, -0.2) is 4.98 Å². The summed E-state index contributed by atoms with van der Waals surface area (Å²) in [6.07, 6.45) is 0. The van der Waals surface area contributed by atoms with Crippen LogP contribution < -0.4 is 10.6 Å². The molecule has 2 rings (SSSR count). The Labute approximate surface area is 108 Å². The van der Waals surface area contributed by atoms with Crippen molar-refractivity contribution < 1.29 is 9.53 Å². The Morgan fingerprint density at radius 3 is 3.06 bits per heavy atom. The van der Waals surface area contributed by atoms with Crippen LogP contribution in [0.1, 0.15) is 5.69 Å². The van der Waals surface area contributed by atoms with Gasteiger partial charge in [-0.2, -0.15) is 0 Å². The molecule has 2 heterocycles. The van der Waals surface area contributed by atoms with Gasteiger partial charge in [0.15, 0.2) is 0 Å². The van der Waals surface area contributed by atoms with E-state index in [1.807, 2.05) is 24.0 Å². The van der Waals surface area contributed by atoms with Crippen molar-refractivity contribution >= 4 is 27.7 Å². The smallest absolute Gasteiger partial charge is 0.242 e. The van der Waals surface area contributed by atoms with Crippen LogP contribution in [-0.4, -0.2) is 36.7 Å². The number of aromatic nitrogens is 1. The first-order chi connectivity index (χ1) is 8.09. The highest BCUT2D eigenvalue weighted by atomic mass is 79.9. The first kappa shape index (κ1) is 12.3. The van der Waals surface area contributed by atoms with Crippen LogP contribution >= 0.6 is 15.9 Å². The van der Waals surface area contributed by atoms with E-state index in [-0.39, 0.29) is 5.91 Å². The number of carbonyl (C=O) groups excluding carboxylic acids is 1. The lowest BCUT2D eigenvalue weighted by Crippen LogP contribution is -2.53. The minimum atomic E-state index is -0.433. The molecular formula is C11H14BrN3O2. The van der Waals surface area contributed by atoms with E-state index in [0.717, 1.165) is 16.0 Å². The number of carbonyl (C=O) groups is 1. The Balaban J connectivity index is 2.29. The number of aryl methyl sites for hydroxylation is 1. The summed E-state index contributed by atoms with van der Waals surface area (Å²) < 4.78 is 6.22. The van der Waals surface area contributed by atoms with Crippen molar-refractivity contribution in [3.63, 3.8) is 0 Å². The molecule has 1 unspecified atom stereocenters. The molecule has 0 aliphatic carbocycles. The topological polar surface area (TPSA) is 68.5 Å². The van der Waals surface area contributed by atoms with Crippen molar-refractivity contribution in [3.8, 4) is 0 Å². The van der Waals surface area contributed by atoms with Crippen molar-refractivity contribution in [3.05, 3.63) is 22.3 Å². The molecule has 6 heteroatoms. The minimum Gasteiger partial charge on any atom is -0.377 e. The third-order valence-electron chi connectivity index (χ3n) is 2.76. The monoisotopic (exact) mass is 299 g/mol. The highest BCUT2D eigenvalue weighted by Crippen LogP contribution is 2.22. The molecular weight excluding hydrogens is 286 g/mol. The van der Waals surface area contributed by atoms with Crippen LogP contribution in [0, 0.1) is 6.92 Å². The fraction of sp³-hybridized carbons (Fsp3) is 0.455. The zero-order valence-corrected chi connectivity index (χ0v) is 11.1. The minimum absolute atomic E-state index is 0.326. The van der Waals surface area contributed by atoms with E-state index in [4.69, 9.17) is 10.5 Å². The summed E-state index contributed by atoms with van der Waals surface area (Å²) in [5, 5.41) is 0. The summed E-state index contributed by atoms with van der Waals surface area (Å²) in [4.78, 5) is 17.7. The summed E-state index contributed by atoms with van der Waals surface area (Å²) in [5.41, 5.74) is 6.25. The quantitative estimate of drug-likeness (QED) is 0.879. The van der Waals surface area contributed by atoms with Gasteiger partial charge in [-0.1, -0.05) is 0 Å². The van der Waals surface area contributed by atoms with E-state index >= 15 is 0 Å². The number of anilines is 1. The van der Waals surface area contributed by atoms with Crippen LogP contribution in [0.2, 0.25) is 0 Å². The zero-order valence-electron chi connectivity index (χ0n) is 9.52. The van der Waals surface area contributed by atoms with Crippen LogP contribution in [-0.2, 0) is 9.53 Å². The lowest BCUT2D eigenvalue weighted by molar-refractivity contribution is -0.121. The molecule has 1 fully saturated rings. The molecule has 1 aromatic heterocycles. The Bertz CT molecular complexity index is 439. The molecule has 0 aromatic carbocycles. The van der Waals surface area contributed by atoms with E-state index in [1.165, 1.54) is 0 Å². The number of amides is 1. The molecule has 92 valence electrons. The zero-order chi connectivity index (χ0) is 12.4. The Morgan fingerprint density at radius 2 is 2.41 bits per heavy atom. The summed E-state index contributed by atoms with van der Waals surface area (Å²) >= 11 is 3.40. The number of hydrogen-bond donors (Lipinski definition) is 1. The maximum Gasteiger partial charge on any atom is 0.242 e. The van der Waals surface area contributed by atoms with Crippen molar-refractivity contribution in [2.75, 3.05) is 24.7 Å². The number of primary amides is 1. The van der Waals surface area contributed by atoms with Crippen molar-refractivity contribution in [2.24, 2.45) is 5.73 Å². The van der Waals surface area contributed by atoms with Crippen molar-refractivity contribution in [2.45, 2.75) is 13.0 Å². The number of pyridine rings is 1. The predicted octanol–water partition coefficient (Wildman–Crippen LogP) is 0.843. The Hall–Kier alpha value is -1.14. The Kier molecular flexibility index (Phi) is 3.63. The van der Waals surface area contributed by atoms with Gasteiger partial charge in [0.25, 0.3) is 0 Å². The standard InChI is InChI=1S/C11H14BrN3O2/c1-7-8(12)2-3-10(14-7)15-4-5-17-6-9(15)11(13)16/h2-3,9H,4-6H2,1H3,(H2,13,16). The van der Waals surface area contributed by atoms with Crippen LogP contribution in [0.5, 0.6) is 0 Å². The van der Waals surface area contributed by atoms with Gasteiger partial charge in [-0.05, 0) is 35.0 Å². The number of morpholine rings is 1. The first-order valence-corrected chi connectivity index (χ1v) is 6.15. The van der Waals surface area contributed by atoms with Crippen molar-refractivity contribution in [1.29, 1.82) is 0 Å². The van der Waals surface area contributed by atoms with Gasteiger partial charge in [0.1, 0.15) is 11.9 Å². The van der Waals surface area contributed by atoms with Crippen LogP contribution in [0.15, 0.2) is 16.6 Å². The van der Waals surface area contributed by atoms with E-state index in [1.54, 1.807) is 0 Å². The van der Waals surface area contributed by atoms with Gasteiger partial charge in [-0.3, -0.25) is 4.79 Å². The molecule has 1 aromatic rings. The number of hydrogen-bond acceptors (Lipinski definition) is 4. The number of ether oxygens (including phenoxy) is 1. The van der Waals surface area contributed by atoms with E-state index in [2.05, 4.69) is 20.9 Å². The number of halogens is 1. The summed E-state index contributed by atoms with van der Waals surface area (Å²) in [6, 6.07) is 3.36. The molecule has 1 amide bonds. The summed E-state index contributed by atoms with van der Waals surface area (Å²) in [7, 11) is 0. The second-order valence-electron chi connectivity index (χ2n) is 3.92. The third kappa shape index (κ3) is 2.58. The molecule has 0 saturated carbocycles. The molecule has 0 spiro atoms. The van der Waals surface area contributed by atoms with Gasteiger partial charge in [0, 0.05) is 11.0 Å². The molecule has 1 aliphatic rings. The van der Waals surface area contributed by atoms with Gasteiger partial charge in [0.05, 0.1) is 18.9 Å². The largest absolute Gasteiger partial charge is 0.377 e. The molecule has 2 N–H and O–H groups in total. The van der Waals surface area contributed by atoms with Crippen LogP contribution in [0.4, 0.5) is 5.82 Å². The highest BCUT2D eigenvalue weighted by Gasteiger charge is 2.28. The second-order valence-corrected chi connectivity index (χ2v) is 4.78. The van der Waals surface area contributed by atoms with Gasteiger partial charge >= 0.3 is 0 Å². The first-order valence-electron chi connectivity index (χ1n) is 5.36.